The average Bonchev–Trinajstić information content (AvgIpc) is 2.52. The molecule has 1 heterocycles. The van der Waals surface area contributed by atoms with Gasteiger partial charge < -0.3 is 9.64 Å². The lowest BCUT2D eigenvalue weighted by Gasteiger charge is -2.48. The molecule has 27 heavy (non-hydrogen) atoms. The molecule has 0 spiro atoms. The highest BCUT2D eigenvalue weighted by Gasteiger charge is 2.38. The average molecular weight is 399 g/mol. The van der Waals surface area contributed by atoms with E-state index in [1.54, 1.807) is 11.0 Å². The van der Waals surface area contributed by atoms with Crippen molar-refractivity contribution in [3.63, 3.8) is 0 Å². The van der Waals surface area contributed by atoms with Gasteiger partial charge in [0.15, 0.2) is 0 Å². The quantitative estimate of drug-likeness (QED) is 0.673. The van der Waals surface area contributed by atoms with Crippen LogP contribution in [-0.2, 0) is 4.74 Å². The van der Waals surface area contributed by atoms with Crippen LogP contribution in [0.1, 0.15) is 60.1 Å². The number of piperazine rings is 1. The number of hydrogen-bond donors (Lipinski definition) is 0. The molecule has 2 rings (SSSR count). The van der Waals surface area contributed by atoms with Gasteiger partial charge in [-0.15, -0.1) is 0 Å². The van der Waals surface area contributed by atoms with Crippen LogP contribution in [-0.4, -0.2) is 46.7 Å². The SMILES string of the molecule is CC(C)C(c1ccc(Cl)c(F)c1)N1C[C@H](C)N(C(=O)OC(C)(C)C)C[C@H]1C. The minimum atomic E-state index is -0.515. The van der Waals surface area contributed by atoms with Gasteiger partial charge in [0, 0.05) is 31.2 Å². The summed E-state index contributed by atoms with van der Waals surface area (Å²) in [5.74, 6) is -0.110. The van der Waals surface area contributed by atoms with Gasteiger partial charge in [0.2, 0.25) is 0 Å². The molecule has 1 fully saturated rings. The van der Waals surface area contributed by atoms with Crippen molar-refractivity contribution < 1.29 is 13.9 Å². The summed E-state index contributed by atoms with van der Waals surface area (Å²) in [6.07, 6.45) is -0.278. The summed E-state index contributed by atoms with van der Waals surface area (Å²) in [4.78, 5) is 16.7. The number of nitrogens with zero attached hydrogens (tertiary/aromatic N) is 2. The van der Waals surface area contributed by atoms with Gasteiger partial charge in [-0.1, -0.05) is 31.5 Å². The molecule has 1 amide bonds. The maximum absolute atomic E-state index is 14.0. The zero-order valence-electron chi connectivity index (χ0n) is 17.4. The van der Waals surface area contributed by atoms with Crippen molar-refractivity contribution in [1.29, 1.82) is 0 Å². The van der Waals surface area contributed by atoms with Crippen LogP contribution in [0.3, 0.4) is 0 Å². The standard InChI is InChI=1S/C21H32ClFN2O2/c1-13(2)19(16-8-9-17(22)18(23)10-16)24-11-15(4)25(12-14(24)3)20(26)27-21(5,6)7/h8-10,13-15,19H,11-12H2,1-7H3/t14-,15+,19?/m1/s1. The molecule has 0 aromatic heterocycles. The van der Waals surface area contributed by atoms with Crippen molar-refractivity contribution in [2.24, 2.45) is 5.92 Å². The van der Waals surface area contributed by atoms with Crippen LogP contribution < -0.4 is 0 Å². The molecule has 6 heteroatoms. The fourth-order valence-electron chi connectivity index (χ4n) is 3.77. The van der Waals surface area contributed by atoms with Crippen molar-refractivity contribution in [3.05, 3.63) is 34.6 Å². The molecule has 0 bridgehead atoms. The summed E-state index contributed by atoms with van der Waals surface area (Å²) < 4.78 is 19.6. The number of amides is 1. The lowest BCUT2D eigenvalue weighted by molar-refractivity contribution is -0.0258. The first kappa shape index (κ1) is 22.0. The molecule has 1 aromatic carbocycles. The molecule has 1 aliphatic rings. The second-order valence-electron chi connectivity index (χ2n) is 8.89. The van der Waals surface area contributed by atoms with E-state index in [4.69, 9.17) is 16.3 Å². The third-order valence-corrected chi connectivity index (χ3v) is 5.24. The molecule has 1 aliphatic heterocycles. The van der Waals surface area contributed by atoms with Crippen molar-refractivity contribution >= 4 is 17.7 Å². The fraction of sp³-hybridized carbons (Fsp3) is 0.667. The first-order valence-electron chi connectivity index (χ1n) is 9.61. The fourth-order valence-corrected chi connectivity index (χ4v) is 3.89. The Morgan fingerprint density at radius 3 is 2.37 bits per heavy atom. The van der Waals surface area contributed by atoms with Crippen LogP contribution in [0.25, 0.3) is 0 Å². The molecule has 0 radical (unpaired) electrons. The minimum Gasteiger partial charge on any atom is -0.444 e. The van der Waals surface area contributed by atoms with Gasteiger partial charge >= 0.3 is 6.09 Å². The van der Waals surface area contributed by atoms with E-state index in [-0.39, 0.29) is 35.2 Å². The molecular weight excluding hydrogens is 367 g/mol. The molecule has 1 saturated heterocycles. The summed E-state index contributed by atoms with van der Waals surface area (Å²) in [7, 11) is 0. The van der Waals surface area contributed by atoms with Gasteiger partial charge in [-0.2, -0.15) is 0 Å². The Labute approximate surface area is 167 Å². The lowest BCUT2D eigenvalue weighted by atomic mass is 9.91. The van der Waals surface area contributed by atoms with Crippen LogP contribution in [0.4, 0.5) is 9.18 Å². The monoisotopic (exact) mass is 398 g/mol. The van der Waals surface area contributed by atoms with E-state index in [1.165, 1.54) is 6.07 Å². The molecule has 0 aliphatic carbocycles. The topological polar surface area (TPSA) is 32.8 Å². The van der Waals surface area contributed by atoms with Crippen LogP contribution in [0.15, 0.2) is 18.2 Å². The van der Waals surface area contributed by atoms with Gasteiger partial charge in [-0.25, -0.2) is 9.18 Å². The number of carbonyl (C=O) groups is 1. The normalized spacial score (nSPS) is 22.8. The second-order valence-corrected chi connectivity index (χ2v) is 9.30. The zero-order chi connectivity index (χ0) is 20.5. The Morgan fingerprint density at radius 2 is 1.85 bits per heavy atom. The second kappa shape index (κ2) is 8.36. The minimum absolute atomic E-state index is 0.00875. The molecule has 1 aromatic rings. The van der Waals surface area contributed by atoms with Crippen molar-refractivity contribution in [3.8, 4) is 0 Å². The van der Waals surface area contributed by atoms with Crippen LogP contribution in [0.5, 0.6) is 0 Å². The van der Waals surface area contributed by atoms with Gasteiger partial charge in [-0.3, -0.25) is 4.90 Å². The van der Waals surface area contributed by atoms with E-state index in [0.717, 1.165) is 5.56 Å². The smallest absolute Gasteiger partial charge is 0.410 e. The predicted molar refractivity (Wildman–Crippen MR) is 108 cm³/mol. The van der Waals surface area contributed by atoms with E-state index in [0.29, 0.717) is 13.1 Å². The highest BCUT2D eigenvalue weighted by atomic mass is 35.5. The highest BCUT2D eigenvalue weighted by Crippen LogP contribution is 2.34. The summed E-state index contributed by atoms with van der Waals surface area (Å²) in [5.41, 5.74) is 0.398. The van der Waals surface area contributed by atoms with E-state index in [2.05, 4.69) is 25.7 Å². The van der Waals surface area contributed by atoms with Crippen LogP contribution in [0, 0.1) is 11.7 Å². The number of carbonyl (C=O) groups excluding carboxylic acids is 1. The Hall–Kier alpha value is -1.33. The van der Waals surface area contributed by atoms with E-state index in [9.17, 15) is 9.18 Å². The number of rotatable bonds is 3. The number of halogens is 2. The van der Waals surface area contributed by atoms with Gasteiger partial charge in [0.25, 0.3) is 0 Å². The Balaban J connectivity index is 2.22. The van der Waals surface area contributed by atoms with Crippen molar-refractivity contribution in [2.45, 2.75) is 72.2 Å². The van der Waals surface area contributed by atoms with Gasteiger partial charge in [-0.05, 0) is 58.2 Å². The Bertz CT molecular complexity index is 675. The molecule has 3 atom stereocenters. The van der Waals surface area contributed by atoms with Crippen LogP contribution >= 0.6 is 11.6 Å². The number of hydrogen-bond acceptors (Lipinski definition) is 3. The molecule has 4 nitrogen and oxygen atoms in total. The molecule has 0 N–H and O–H groups in total. The number of benzene rings is 1. The van der Waals surface area contributed by atoms with Gasteiger partial charge in [0.05, 0.1) is 5.02 Å². The van der Waals surface area contributed by atoms with E-state index < -0.39 is 11.4 Å². The first-order chi connectivity index (χ1) is 12.4. The van der Waals surface area contributed by atoms with Crippen LogP contribution in [0.2, 0.25) is 5.02 Å². The summed E-state index contributed by atoms with van der Waals surface area (Å²) in [5, 5.41) is 0.136. The van der Waals surface area contributed by atoms with Crippen molar-refractivity contribution in [1.82, 2.24) is 9.80 Å². The molecule has 1 unspecified atom stereocenters. The zero-order valence-corrected chi connectivity index (χ0v) is 18.2. The maximum atomic E-state index is 14.0. The molecule has 0 saturated carbocycles. The maximum Gasteiger partial charge on any atom is 0.410 e. The van der Waals surface area contributed by atoms with Crippen molar-refractivity contribution in [2.75, 3.05) is 13.1 Å². The highest BCUT2D eigenvalue weighted by molar-refractivity contribution is 6.30. The van der Waals surface area contributed by atoms with E-state index in [1.807, 2.05) is 33.8 Å². The van der Waals surface area contributed by atoms with E-state index >= 15 is 0 Å². The number of ether oxygens (including phenoxy) is 1. The predicted octanol–water partition coefficient (Wildman–Crippen LogP) is 5.51. The summed E-state index contributed by atoms with van der Waals surface area (Å²) in [6, 6.07) is 5.23. The summed E-state index contributed by atoms with van der Waals surface area (Å²) in [6.45, 7) is 15.3. The Morgan fingerprint density at radius 1 is 1.22 bits per heavy atom. The van der Waals surface area contributed by atoms with Gasteiger partial charge in [0.1, 0.15) is 11.4 Å². The third kappa shape index (κ3) is 5.35. The molecule has 152 valence electrons. The Kier molecular flexibility index (Phi) is 6.80. The third-order valence-electron chi connectivity index (χ3n) is 4.94. The largest absolute Gasteiger partial charge is 0.444 e. The summed E-state index contributed by atoms with van der Waals surface area (Å²) >= 11 is 5.86. The lowest BCUT2D eigenvalue weighted by Crippen LogP contribution is -2.59. The molecular formula is C21H32ClFN2O2. The first-order valence-corrected chi connectivity index (χ1v) is 9.98.